The smallest absolute Gasteiger partial charge is 0.260 e. The average Bonchev–Trinajstić information content (AvgIpc) is 3.30. The minimum atomic E-state index is -0.268. The minimum absolute atomic E-state index is 0.204. The summed E-state index contributed by atoms with van der Waals surface area (Å²) in [6, 6.07) is 3.82. The van der Waals surface area contributed by atoms with E-state index in [0.29, 0.717) is 52.2 Å². The largest absolute Gasteiger partial charge is 0.495 e. The van der Waals surface area contributed by atoms with Crippen molar-refractivity contribution >= 4 is 40.2 Å². The van der Waals surface area contributed by atoms with Gasteiger partial charge in [0.05, 0.1) is 29.8 Å². The molecular formula is C25H29Cl2N5O3. The van der Waals surface area contributed by atoms with E-state index >= 15 is 0 Å². The third-order valence-corrected chi connectivity index (χ3v) is 7.09. The van der Waals surface area contributed by atoms with Crippen LogP contribution in [0.25, 0.3) is 22.2 Å². The quantitative estimate of drug-likeness (QED) is 0.389. The van der Waals surface area contributed by atoms with E-state index in [-0.39, 0.29) is 21.6 Å². The van der Waals surface area contributed by atoms with Crippen molar-refractivity contribution in [3.05, 3.63) is 51.4 Å². The Balaban J connectivity index is 1.80. The molecule has 0 saturated heterocycles. The summed E-state index contributed by atoms with van der Waals surface area (Å²) in [5, 5.41) is 8.09. The summed E-state index contributed by atoms with van der Waals surface area (Å²) in [6.07, 6.45) is 6.78. The molecule has 0 bridgehead atoms. The lowest BCUT2D eigenvalue weighted by Gasteiger charge is -2.22. The van der Waals surface area contributed by atoms with Crippen LogP contribution < -0.4 is 25.7 Å². The molecule has 0 amide bonds. The SMILES string of the molecule is C=CCNC1CCCC1Nc1ncc2cc(-c3c(Cl)c(OC)cc(OC)c3Cl)c(=O)n(CC)c2n1. The van der Waals surface area contributed by atoms with Gasteiger partial charge in [-0.3, -0.25) is 9.36 Å². The van der Waals surface area contributed by atoms with E-state index < -0.39 is 0 Å². The van der Waals surface area contributed by atoms with Gasteiger partial charge in [-0.1, -0.05) is 29.3 Å². The van der Waals surface area contributed by atoms with Crippen molar-refractivity contribution in [3.8, 4) is 22.6 Å². The Labute approximate surface area is 214 Å². The number of halogens is 2. The molecule has 1 aliphatic rings. The summed E-state index contributed by atoms with van der Waals surface area (Å²) in [6.45, 7) is 6.83. The van der Waals surface area contributed by atoms with Crippen molar-refractivity contribution < 1.29 is 9.47 Å². The van der Waals surface area contributed by atoms with Crippen molar-refractivity contribution in [1.82, 2.24) is 19.9 Å². The number of pyridine rings is 1. The second kappa shape index (κ2) is 10.8. The topological polar surface area (TPSA) is 90.3 Å². The van der Waals surface area contributed by atoms with Crippen LogP contribution in [0.2, 0.25) is 10.0 Å². The normalized spacial score (nSPS) is 17.5. The van der Waals surface area contributed by atoms with Crippen molar-refractivity contribution in [2.75, 3.05) is 26.1 Å². The number of nitrogens with zero attached hydrogens (tertiary/aromatic N) is 3. The first-order chi connectivity index (χ1) is 16.9. The number of benzene rings is 1. The number of anilines is 1. The molecule has 10 heteroatoms. The number of aryl methyl sites for hydroxylation is 1. The number of aromatic nitrogens is 3. The Bertz CT molecular complexity index is 1280. The summed E-state index contributed by atoms with van der Waals surface area (Å²) in [4.78, 5) is 22.9. The lowest BCUT2D eigenvalue weighted by atomic mass is 10.0. The number of nitrogens with one attached hydrogen (secondary N) is 2. The summed E-state index contributed by atoms with van der Waals surface area (Å²) < 4.78 is 12.4. The van der Waals surface area contributed by atoms with Gasteiger partial charge in [-0.05, 0) is 32.3 Å². The highest BCUT2D eigenvalue weighted by Gasteiger charge is 2.27. The second-order valence-corrected chi connectivity index (χ2v) is 9.11. The Hall–Kier alpha value is -2.81. The third-order valence-electron chi connectivity index (χ3n) is 6.34. The summed E-state index contributed by atoms with van der Waals surface area (Å²) in [5.74, 6) is 1.21. The first-order valence-corrected chi connectivity index (χ1v) is 12.3. The lowest BCUT2D eigenvalue weighted by Crippen LogP contribution is -2.40. The summed E-state index contributed by atoms with van der Waals surface area (Å²) in [5.41, 5.74) is 0.938. The zero-order valence-electron chi connectivity index (χ0n) is 20.0. The van der Waals surface area contributed by atoms with Crippen LogP contribution in [0.5, 0.6) is 11.5 Å². The fourth-order valence-electron chi connectivity index (χ4n) is 4.60. The molecular weight excluding hydrogens is 489 g/mol. The molecule has 2 unspecified atom stereocenters. The molecule has 4 rings (SSSR count). The number of ether oxygens (including phenoxy) is 2. The van der Waals surface area contributed by atoms with Crippen LogP contribution in [-0.2, 0) is 6.54 Å². The molecule has 1 aromatic carbocycles. The van der Waals surface area contributed by atoms with Gasteiger partial charge >= 0.3 is 0 Å². The average molecular weight is 518 g/mol. The highest BCUT2D eigenvalue weighted by molar-refractivity contribution is 6.41. The number of methoxy groups -OCH3 is 2. The summed E-state index contributed by atoms with van der Waals surface area (Å²) in [7, 11) is 2.99. The van der Waals surface area contributed by atoms with Gasteiger partial charge in [0.25, 0.3) is 5.56 Å². The maximum absolute atomic E-state index is 13.6. The fraction of sp³-hybridized carbons (Fsp3) is 0.400. The number of rotatable bonds is 9. The zero-order valence-corrected chi connectivity index (χ0v) is 21.5. The first-order valence-electron chi connectivity index (χ1n) is 11.5. The van der Waals surface area contributed by atoms with Gasteiger partial charge in [-0.15, -0.1) is 6.58 Å². The van der Waals surface area contributed by atoms with Crippen molar-refractivity contribution in [2.45, 2.75) is 44.8 Å². The van der Waals surface area contributed by atoms with E-state index in [4.69, 9.17) is 37.7 Å². The maximum atomic E-state index is 13.6. The predicted octanol–water partition coefficient (Wildman–Crippen LogP) is 4.91. The molecule has 3 aromatic rings. The molecule has 1 fully saturated rings. The van der Waals surface area contributed by atoms with Crippen LogP contribution in [0.4, 0.5) is 5.95 Å². The molecule has 2 N–H and O–H groups in total. The van der Waals surface area contributed by atoms with Crippen LogP contribution >= 0.6 is 23.2 Å². The van der Waals surface area contributed by atoms with Crippen molar-refractivity contribution in [3.63, 3.8) is 0 Å². The first kappa shape index (κ1) is 25.3. The van der Waals surface area contributed by atoms with Gasteiger partial charge in [-0.25, -0.2) is 4.98 Å². The Morgan fingerprint density at radius 3 is 2.49 bits per heavy atom. The van der Waals surface area contributed by atoms with Crippen LogP contribution in [0, 0.1) is 0 Å². The van der Waals surface area contributed by atoms with Gasteiger partial charge < -0.3 is 20.1 Å². The lowest BCUT2D eigenvalue weighted by molar-refractivity contribution is 0.395. The van der Waals surface area contributed by atoms with Gasteiger partial charge in [0.1, 0.15) is 17.1 Å². The van der Waals surface area contributed by atoms with E-state index in [1.54, 1.807) is 22.9 Å². The molecule has 35 heavy (non-hydrogen) atoms. The molecule has 1 saturated carbocycles. The fourth-order valence-corrected chi connectivity index (χ4v) is 5.31. The Morgan fingerprint density at radius 1 is 1.17 bits per heavy atom. The van der Waals surface area contributed by atoms with E-state index in [2.05, 4.69) is 22.2 Å². The molecule has 2 heterocycles. The van der Waals surface area contributed by atoms with Crippen LogP contribution in [0.1, 0.15) is 26.2 Å². The highest BCUT2D eigenvalue weighted by Crippen LogP contribution is 2.45. The van der Waals surface area contributed by atoms with E-state index in [1.165, 1.54) is 14.2 Å². The van der Waals surface area contributed by atoms with Gasteiger partial charge in [0.15, 0.2) is 0 Å². The number of hydrogen-bond donors (Lipinski definition) is 2. The summed E-state index contributed by atoms with van der Waals surface area (Å²) >= 11 is 13.2. The number of fused-ring (bicyclic) bond motifs is 1. The Morgan fingerprint density at radius 2 is 1.86 bits per heavy atom. The van der Waals surface area contributed by atoms with E-state index in [9.17, 15) is 4.79 Å². The minimum Gasteiger partial charge on any atom is -0.495 e. The molecule has 2 aromatic heterocycles. The van der Waals surface area contributed by atoms with Crippen molar-refractivity contribution in [1.29, 1.82) is 0 Å². The van der Waals surface area contributed by atoms with Gasteiger partial charge in [-0.2, -0.15) is 4.98 Å². The maximum Gasteiger partial charge on any atom is 0.260 e. The Kier molecular flexibility index (Phi) is 7.84. The van der Waals surface area contributed by atoms with Crippen LogP contribution in [-0.4, -0.2) is 47.4 Å². The van der Waals surface area contributed by atoms with Crippen LogP contribution in [0.3, 0.4) is 0 Å². The molecule has 0 radical (unpaired) electrons. The predicted molar refractivity (Wildman–Crippen MR) is 141 cm³/mol. The van der Waals surface area contributed by atoms with E-state index in [0.717, 1.165) is 25.8 Å². The molecule has 0 spiro atoms. The molecule has 2 atom stereocenters. The highest BCUT2D eigenvalue weighted by atomic mass is 35.5. The molecule has 186 valence electrons. The standard InChI is InChI=1S/C25H29Cl2N5O3/c1-5-10-28-16-8-7-9-17(16)30-25-29-13-14-11-15(24(33)32(6-2)23(14)31-25)20-21(26)18(34-3)12-19(35-4)22(20)27/h5,11-13,16-17,28H,1,6-10H2,2-4H3,(H,29,30,31). The van der Waals surface area contributed by atoms with Gasteiger partial charge in [0.2, 0.25) is 5.95 Å². The van der Waals surface area contributed by atoms with Crippen molar-refractivity contribution in [2.24, 2.45) is 0 Å². The molecule has 0 aliphatic heterocycles. The molecule has 8 nitrogen and oxygen atoms in total. The monoisotopic (exact) mass is 517 g/mol. The third kappa shape index (κ3) is 4.83. The van der Waals surface area contributed by atoms with Crippen LogP contribution in [0.15, 0.2) is 35.8 Å². The zero-order chi connectivity index (χ0) is 25.1. The second-order valence-electron chi connectivity index (χ2n) is 8.35. The van der Waals surface area contributed by atoms with E-state index in [1.807, 2.05) is 13.0 Å². The molecule has 1 aliphatic carbocycles. The number of hydrogen-bond acceptors (Lipinski definition) is 7. The van der Waals surface area contributed by atoms with Gasteiger partial charge in [0, 0.05) is 48.4 Å².